The molecule has 0 fully saturated rings. The molecule has 0 heterocycles. The first-order valence-electron chi connectivity index (χ1n) is 6.55. The number of carbonyl (C=O) groups is 1. The third-order valence-corrected chi connectivity index (χ3v) is 3.48. The molecule has 0 aliphatic rings. The van der Waals surface area contributed by atoms with Crippen molar-refractivity contribution in [2.45, 2.75) is 26.2 Å². The van der Waals surface area contributed by atoms with Crippen LogP contribution < -0.4 is 0 Å². The first-order chi connectivity index (χ1) is 9.47. The van der Waals surface area contributed by atoms with Gasteiger partial charge in [0.1, 0.15) is 5.75 Å². The minimum absolute atomic E-state index is 0.187. The van der Waals surface area contributed by atoms with Gasteiger partial charge in [0.25, 0.3) is 0 Å². The van der Waals surface area contributed by atoms with Crippen LogP contribution in [-0.4, -0.2) is 16.2 Å². The lowest BCUT2D eigenvalue weighted by Gasteiger charge is -2.16. The van der Waals surface area contributed by atoms with Crippen molar-refractivity contribution >= 4 is 5.97 Å². The molecule has 3 heteroatoms. The molecule has 0 spiro atoms. The molecule has 0 amide bonds. The second-order valence-corrected chi connectivity index (χ2v) is 5.12. The van der Waals surface area contributed by atoms with E-state index in [0.29, 0.717) is 6.42 Å². The summed E-state index contributed by atoms with van der Waals surface area (Å²) in [4.78, 5) is 11.6. The number of aromatic hydroxyl groups is 1. The zero-order chi connectivity index (χ0) is 14.7. The van der Waals surface area contributed by atoms with Crippen molar-refractivity contribution < 1.29 is 15.0 Å². The van der Waals surface area contributed by atoms with E-state index in [-0.39, 0.29) is 5.75 Å². The van der Waals surface area contributed by atoms with Gasteiger partial charge in [-0.25, -0.2) is 0 Å². The number of benzene rings is 2. The minimum atomic E-state index is -0.827. The number of hydrogen-bond donors (Lipinski definition) is 2. The Bertz CT molecular complexity index is 615. The third kappa shape index (κ3) is 3.18. The summed E-state index contributed by atoms with van der Waals surface area (Å²) in [6, 6.07) is 12.6. The van der Waals surface area contributed by atoms with Gasteiger partial charge in [0.05, 0.1) is 5.92 Å². The molecule has 0 radical (unpaired) electrons. The molecule has 0 aromatic heterocycles. The SMILES string of the molecule is Cc1ccc(C)c(C(Cc2ccc(O)cc2)C(=O)O)c1. The molecule has 20 heavy (non-hydrogen) atoms. The normalized spacial score (nSPS) is 12.1. The number of rotatable bonds is 4. The molecule has 104 valence electrons. The van der Waals surface area contributed by atoms with Gasteiger partial charge >= 0.3 is 5.97 Å². The Kier molecular flexibility index (Phi) is 4.08. The van der Waals surface area contributed by atoms with Gasteiger partial charge in [-0.05, 0) is 49.1 Å². The quantitative estimate of drug-likeness (QED) is 0.895. The Morgan fingerprint density at radius 2 is 1.75 bits per heavy atom. The van der Waals surface area contributed by atoms with Gasteiger partial charge in [0.15, 0.2) is 0 Å². The highest BCUT2D eigenvalue weighted by atomic mass is 16.4. The third-order valence-electron chi connectivity index (χ3n) is 3.48. The Hall–Kier alpha value is -2.29. The van der Waals surface area contributed by atoms with E-state index < -0.39 is 11.9 Å². The van der Waals surface area contributed by atoms with Gasteiger partial charge in [-0.15, -0.1) is 0 Å². The molecule has 2 rings (SSSR count). The Balaban J connectivity index is 2.34. The van der Waals surface area contributed by atoms with E-state index in [4.69, 9.17) is 0 Å². The standard InChI is InChI=1S/C17H18O3/c1-11-3-4-12(2)15(9-11)16(17(19)20)10-13-5-7-14(18)8-6-13/h3-9,16,18H,10H2,1-2H3,(H,19,20). The fourth-order valence-electron chi connectivity index (χ4n) is 2.33. The van der Waals surface area contributed by atoms with Crippen molar-refractivity contribution in [3.05, 3.63) is 64.7 Å². The van der Waals surface area contributed by atoms with E-state index in [1.165, 1.54) is 0 Å². The van der Waals surface area contributed by atoms with Crippen LogP contribution in [-0.2, 0) is 11.2 Å². The average Bonchev–Trinajstić information content (AvgIpc) is 2.41. The zero-order valence-electron chi connectivity index (χ0n) is 11.6. The molecule has 0 saturated carbocycles. The molecule has 0 aliphatic heterocycles. The molecule has 1 unspecified atom stereocenters. The van der Waals surface area contributed by atoms with Gasteiger partial charge in [0, 0.05) is 0 Å². The Labute approximate surface area is 118 Å². The summed E-state index contributed by atoms with van der Waals surface area (Å²) in [7, 11) is 0. The van der Waals surface area contributed by atoms with Crippen molar-refractivity contribution in [2.75, 3.05) is 0 Å². The van der Waals surface area contributed by atoms with Crippen LogP contribution in [0.5, 0.6) is 5.75 Å². The highest BCUT2D eigenvalue weighted by molar-refractivity contribution is 5.77. The number of aliphatic carboxylic acids is 1. The number of aryl methyl sites for hydroxylation is 2. The van der Waals surface area contributed by atoms with Crippen LogP contribution in [0.25, 0.3) is 0 Å². The average molecular weight is 270 g/mol. The number of carboxylic acids is 1. The van der Waals surface area contributed by atoms with Crippen LogP contribution in [0.3, 0.4) is 0 Å². The molecule has 2 N–H and O–H groups in total. The van der Waals surface area contributed by atoms with Crippen molar-refractivity contribution in [3.63, 3.8) is 0 Å². The Morgan fingerprint density at radius 1 is 1.10 bits per heavy atom. The first kappa shape index (κ1) is 14.1. The van der Waals surface area contributed by atoms with Crippen LogP contribution in [0.1, 0.15) is 28.2 Å². The minimum Gasteiger partial charge on any atom is -0.508 e. The van der Waals surface area contributed by atoms with E-state index in [2.05, 4.69) is 0 Å². The smallest absolute Gasteiger partial charge is 0.311 e. The van der Waals surface area contributed by atoms with E-state index in [1.54, 1.807) is 24.3 Å². The van der Waals surface area contributed by atoms with Gasteiger partial charge in [0.2, 0.25) is 0 Å². The summed E-state index contributed by atoms with van der Waals surface area (Å²) in [5.74, 6) is -1.21. The number of phenols is 1. The maximum absolute atomic E-state index is 11.6. The second-order valence-electron chi connectivity index (χ2n) is 5.12. The number of carboxylic acid groups (broad SMARTS) is 1. The van der Waals surface area contributed by atoms with Gasteiger partial charge in [-0.1, -0.05) is 35.9 Å². The monoisotopic (exact) mass is 270 g/mol. The van der Waals surface area contributed by atoms with Crippen molar-refractivity contribution in [3.8, 4) is 5.75 Å². The maximum Gasteiger partial charge on any atom is 0.311 e. The first-order valence-corrected chi connectivity index (χ1v) is 6.55. The Morgan fingerprint density at radius 3 is 2.35 bits per heavy atom. The predicted octanol–water partition coefficient (Wildman–Crippen LogP) is 3.42. The summed E-state index contributed by atoms with van der Waals surface area (Å²) in [6.45, 7) is 3.89. The van der Waals surface area contributed by atoms with Crippen LogP contribution >= 0.6 is 0 Å². The maximum atomic E-state index is 11.6. The molecular weight excluding hydrogens is 252 g/mol. The van der Waals surface area contributed by atoms with Crippen molar-refractivity contribution in [2.24, 2.45) is 0 Å². The molecule has 2 aromatic carbocycles. The molecule has 2 aromatic rings. The van der Waals surface area contributed by atoms with Crippen molar-refractivity contribution in [1.29, 1.82) is 0 Å². The molecule has 0 bridgehead atoms. The summed E-state index contributed by atoms with van der Waals surface area (Å²) >= 11 is 0. The fraction of sp³-hybridized carbons (Fsp3) is 0.235. The molecule has 0 aliphatic carbocycles. The lowest BCUT2D eigenvalue weighted by molar-refractivity contribution is -0.138. The van der Waals surface area contributed by atoms with Crippen LogP contribution in [0.15, 0.2) is 42.5 Å². The largest absolute Gasteiger partial charge is 0.508 e. The van der Waals surface area contributed by atoms with E-state index in [0.717, 1.165) is 22.3 Å². The van der Waals surface area contributed by atoms with E-state index >= 15 is 0 Å². The molecule has 1 atom stereocenters. The fourth-order valence-corrected chi connectivity index (χ4v) is 2.33. The van der Waals surface area contributed by atoms with Crippen LogP contribution in [0.2, 0.25) is 0 Å². The topological polar surface area (TPSA) is 57.5 Å². The van der Waals surface area contributed by atoms with Gasteiger partial charge in [-0.3, -0.25) is 4.79 Å². The lowest BCUT2D eigenvalue weighted by Crippen LogP contribution is -2.15. The zero-order valence-corrected chi connectivity index (χ0v) is 11.6. The lowest BCUT2D eigenvalue weighted by atomic mass is 9.88. The van der Waals surface area contributed by atoms with Gasteiger partial charge < -0.3 is 10.2 Å². The van der Waals surface area contributed by atoms with E-state index in [1.807, 2.05) is 32.0 Å². The second kappa shape index (κ2) is 5.78. The number of phenolic OH excluding ortho intramolecular Hbond substituents is 1. The van der Waals surface area contributed by atoms with E-state index in [9.17, 15) is 15.0 Å². The van der Waals surface area contributed by atoms with Gasteiger partial charge in [-0.2, -0.15) is 0 Å². The summed E-state index contributed by atoms with van der Waals surface area (Å²) in [5.41, 5.74) is 3.80. The highest BCUT2D eigenvalue weighted by Gasteiger charge is 2.22. The molecule has 0 saturated heterocycles. The van der Waals surface area contributed by atoms with Crippen LogP contribution in [0.4, 0.5) is 0 Å². The molecular formula is C17H18O3. The number of hydrogen-bond acceptors (Lipinski definition) is 2. The molecule has 3 nitrogen and oxygen atoms in total. The predicted molar refractivity (Wildman–Crippen MR) is 78.1 cm³/mol. The van der Waals surface area contributed by atoms with Crippen LogP contribution in [0, 0.1) is 13.8 Å². The summed E-state index contributed by atoms with van der Waals surface area (Å²) in [6.07, 6.45) is 0.417. The van der Waals surface area contributed by atoms with Crippen molar-refractivity contribution in [1.82, 2.24) is 0 Å². The summed E-state index contributed by atoms with van der Waals surface area (Å²) < 4.78 is 0. The summed E-state index contributed by atoms with van der Waals surface area (Å²) in [5, 5.41) is 18.8. The highest BCUT2D eigenvalue weighted by Crippen LogP contribution is 2.26.